The lowest BCUT2D eigenvalue weighted by molar-refractivity contribution is -0.137. The van der Waals surface area contributed by atoms with Crippen molar-refractivity contribution >= 4 is 23.2 Å². The first kappa shape index (κ1) is 27.4. The number of hydrogen-bond donors (Lipinski definition) is 4. The zero-order valence-corrected chi connectivity index (χ0v) is 21.9. The monoisotopic (exact) mass is 506 g/mol. The van der Waals surface area contributed by atoms with E-state index in [1.807, 2.05) is 27.0 Å². The van der Waals surface area contributed by atoms with Gasteiger partial charge < -0.3 is 30.3 Å². The molecule has 0 aliphatic heterocycles. The van der Waals surface area contributed by atoms with Gasteiger partial charge in [0.05, 0.1) is 19.3 Å². The summed E-state index contributed by atoms with van der Waals surface area (Å²) in [6.45, 7) is 4.15. The van der Waals surface area contributed by atoms with Gasteiger partial charge >= 0.3 is 11.9 Å². The Morgan fingerprint density at radius 1 is 1.03 bits per heavy atom. The number of aromatic hydroxyl groups is 1. The fourth-order valence-electron chi connectivity index (χ4n) is 4.43. The van der Waals surface area contributed by atoms with E-state index in [1.165, 1.54) is 7.11 Å². The first-order valence-corrected chi connectivity index (χ1v) is 12.1. The molecule has 1 aliphatic rings. The molecule has 3 rings (SSSR count). The molecule has 8 nitrogen and oxygen atoms in total. The average molecular weight is 507 g/mol. The average Bonchev–Trinajstić information content (AvgIpc) is 2.88. The van der Waals surface area contributed by atoms with Gasteiger partial charge in [0.15, 0.2) is 0 Å². The van der Waals surface area contributed by atoms with Crippen molar-refractivity contribution in [2.24, 2.45) is 0 Å². The number of allylic oxidation sites excluding steroid dienone is 4. The molecule has 0 fully saturated rings. The maximum absolute atomic E-state index is 13.0. The molecular weight excluding hydrogens is 472 g/mol. The molecular formula is C29H34N2O6. The van der Waals surface area contributed by atoms with E-state index in [0.717, 1.165) is 28.1 Å². The number of nitrogens with one attached hydrogen (secondary N) is 2. The highest BCUT2D eigenvalue weighted by molar-refractivity contribution is 6.00. The fraction of sp³-hybridized carbons (Fsp3) is 0.310. The van der Waals surface area contributed by atoms with Crippen molar-refractivity contribution in [1.29, 1.82) is 0 Å². The van der Waals surface area contributed by atoms with Gasteiger partial charge in [0.25, 0.3) is 0 Å². The summed E-state index contributed by atoms with van der Waals surface area (Å²) in [4.78, 5) is 23.7. The van der Waals surface area contributed by atoms with Crippen molar-refractivity contribution < 1.29 is 29.3 Å². The highest BCUT2D eigenvalue weighted by Crippen LogP contribution is 2.41. The van der Waals surface area contributed by atoms with Crippen molar-refractivity contribution in [1.82, 2.24) is 5.32 Å². The molecule has 0 unspecified atom stereocenters. The van der Waals surface area contributed by atoms with Crippen LogP contribution in [-0.4, -0.2) is 50.0 Å². The summed E-state index contributed by atoms with van der Waals surface area (Å²) in [5, 5.41) is 26.2. The molecule has 2 aromatic rings. The van der Waals surface area contributed by atoms with Crippen LogP contribution in [0, 0.1) is 6.92 Å². The number of methoxy groups -OCH3 is 1. The standard InChI is InChI=1S/C29H34N2O6/c1-17-13-19(8-11-24(17)30-3)28(23-14-18(2)25(31-4)16-26(23)32)21-10-9-20(15-22(21)29(35)36-5)37-12-6-7-27(33)34/h9-11,13-16,30-32H,6-8,12H2,1-5H3,(H,33,34)/b28-19+. The molecule has 0 aromatic heterocycles. The molecule has 0 saturated carbocycles. The van der Waals surface area contributed by atoms with Crippen LogP contribution in [0.3, 0.4) is 0 Å². The summed E-state index contributed by atoms with van der Waals surface area (Å²) in [6, 6.07) is 8.70. The molecule has 196 valence electrons. The molecule has 0 heterocycles. The van der Waals surface area contributed by atoms with Crippen LogP contribution in [0.4, 0.5) is 5.69 Å². The number of esters is 1. The minimum atomic E-state index is -0.892. The van der Waals surface area contributed by atoms with Crippen LogP contribution in [0.25, 0.3) is 5.57 Å². The van der Waals surface area contributed by atoms with Crippen molar-refractivity contribution in [3.8, 4) is 11.5 Å². The normalized spacial score (nSPS) is 14.3. The van der Waals surface area contributed by atoms with E-state index in [9.17, 15) is 14.7 Å². The van der Waals surface area contributed by atoms with Crippen LogP contribution in [0.5, 0.6) is 11.5 Å². The van der Waals surface area contributed by atoms with Crippen molar-refractivity contribution in [3.63, 3.8) is 0 Å². The first-order chi connectivity index (χ1) is 17.7. The van der Waals surface area contributed by atoms with Crippen LogP contribution < -0.4 is 15.4 Å². The molecule has 37 heavy (non-hydrogen) atoms. The van der Waals surface area contributed by atoms with E-state index >= 15 is 0 Å². The zero-order chi connectivity index (χ0) is 27.1. The number of carboxylic acids is 1. The zero-order valence-electron chi connectivity index (χ0n) is 21.9. The smallest absolute Gasteiger partial charge is 0.338 e. The first-order valence-electron chi connectivity index (χ1n) is 12.1. The van der Waals surface area contributed by atoms with Gasteiger partial charge in [0, 0.05) is 43.5 Å². The van der Waals surface area contributed by atoms with Crippen molar-refractivity contribution in [3.05, 3.63) is 81.6 Å². The Kier molecular flexibility index (Phi) is 9.00. The number of aryl methyl sites for hydroxylation is 1. The van der Waals surface area contributed by atoms with Gasteiger partial charge in [-0.15, -0.1) is 0 Å². The number of anilines is 1. The Bertz CT molecular complexity index is 1290. The lowest BCUT2D eigenvalue weighted by atomic mass is 9.85. The van der Waals surface area contributed by atoms with Crippen molar-refractivity contribution in [2.75, 3.05) is 33.1 Å². The number of carbonyl (C=O) groups excluding carboxylic acids is 1. The second-order valence-corrected chi connectivity index (χ2v) is 8.78. The predicted molar refractivity (Wildman–Crippen MR) is 144 cm³/mol. The summed E-state index contributed by atoms with van der Waals surface area (Å²) >= 11 is 0. The Balaban J connectivity index is 2.21. The Morgan fingerprint density at radius 2 is 1.78 bits per heavy atom. The lowest BCUT2D eigenvalue weighted by Crippen LogP contribution is -2.12. The van der Waals surface area contributed by atoms with E-state index < -0.39 is 11.9 Å². The third-order valence-corrected chi connectivity index (χ3v) is 6.28. The maximum Gasteiger partial charge on any atom is 0.338 e. The minimum Gasteiger partial charge on any atom is -0.507 e. The number of phenolic OH excluding ortho intramolecular Hbond substituents is 1. The third-order valence-electron chi connectivity index (χ3n) is 6.28. The van der Waals surface area contributed by atoms with Gasteiger partial charge in [-0.1, -0.05) is 12.2 Å². The summed E-state index contributed by atoms with van der Waals surface area (Å²) in [7, 11) is 4.98. The van der Waals surface area contributed by atoms with E-state index in [4.69, 9.17) is 14.6 Å². The van der Waals surface area contributed by atoms with E-state index in [1.54, 1.807) is 31.3 Å². The summed E-state index contributed by atoms with van der Waals surface area (Å²) in [6.07, 6.45) is 5.05. The highest BCUT2D eigenvalue weighted by atomic mass is 16.5. The number of aliphatic carboxylic acids is 1. The number of carboxylic acid groups (broad SMARTS) is 1. The molecule has 0 bridgehead atoms. The summed E-state index contributed by atoms with van der Waals surface area (Å²) in [5.74, 6) is -0.930. The number of rotatable bonds is 10. The Morgan fingerprint density at radius 3 is 2.41 bits per heavy atom. The minimum absolute atomic E-state index is 0.00671. The topological polar surface area (TPSA) is 117 Å². The molecule has 4 N–H and O–H groups in total. The van der Waals surface area contributed by atoms with Crippen LogP contribution in [0.2, 0.25) is 0 Å². The largest absolute Gasteiger partial charge is 0.507 e. The SMILES string of the molecule is CNC1=CC/C(=C(\c2cc(C)c(NC)cc2O)c2ccc(OCCCC(=O)O)cc2C(=O)OC)C=C1C. The molecule has 0 spiro atoms. The summed E-state index contributed by atoms with van der Waals surface area (Å²) in [5.41, 5.74) is 6.91. The molecule has 8 heteroatoms. The number of phenols is 1. The van der Waals surface area contributed by atoms with E-state index in [2.05, 4.69) is 22.8 Å². The van der Waals surface area contributed by atoms with Gasteiger partial charge in [-0.3, -0.25) is 4.79 Å². The molecule has 0 amide bonds. The second kappa shape index (κ2) is 12.2. The Labute approximate surface area is 217 Å². The molecule has 0 atom stereocenters. The van der Waals surface area contributed by atoms with Crippen LogP contribution >= 0.6 is 0 Å². The van der Waals surface area contributed by atoms with Gasteiger partial charge in [-0.2, -0.15) is 0 Å². The van der Waals surface area contributed by atoms with Crippen LogP contribution in [-0.2, 0) is 9.53 Å². The molecule has 1 aliphatic carbocycles. The number of likely N-dealkylation sites (N-methyl/N-ethyl adjacent to an activating group) is 1. The number of ether oxygens (including phenoxy) is 2. The van der Waals surface area contributed by atoms with Crippen LogP contribution in [0.15, 0.2) is 59.3 Å². The van der Waals surface area contributed by atoms with Crippen molar-refractivity contribution in [2.45, 2.75) is 33.1 Å². The highest BCUT2D eigenvalue weighted by Gasteiger charge is 2.24. The van der Waals surface area contributed by atoms with Gasteiger partial charge in [0.1, 0.15) is 11.5 Å². The lowest BCUT2D eigenvalue weighted by Gasteiger charge is -2.22. The quantitative estimate of drug-likeness (QED) is 0.262. The Hall–Kier alpha value is -4.20. The van der Waals surface area contributed by atoms with Gasteiger partial charge in [-0.25, -0.2) is 4.79 Å². The molecule has 2 aromatic carbocycles. The predicted octanol–water partition coefficient (Wildman–Crippen LogP) is 5.03. The summed E-state index contributed by atoms with van der Waals surface area (Å²) < 4.78 is 10.8. The second-order valence-electron chi connectivity index (χ2n) is 8.78. The molecule has 0 radical (unpaired) electrons. The maximum atomic E-state index is 13.0. The number of hydrogen-bond acceptors (Lipinski definition) is 7. The van der Waals surface area contributed by atoms with E-state index in [-0.39, 0.29) is 24.3 Å². The van der Waals surface area contributed by atoms with Gasteiger partial charge in [-0.05, 0) is 78.8 Å². The fourth-order valence-corrected chi connectivity index (χ4v) is 4.43. The van der Waals surface area contributed by atoms with E-state index in [0.29, 0.717) is 35.3 Å². The number of benzene rings is 2. The van der Waals surface area contributed by atoms with Gasteiger partial charge in [0.2, 0.25) is 0 Å². The molecule has 0 saturated heterocycles. The number of carbonyl (C=O) groups is 2. The third kappa shape index (κ3) is 6.33. The van der Waals surface area contributed by atoms with Crippen LogP contribution in [0.1, 0.15) is 53.2 Å².